The molecule has 1 aromatic rings. The molecule has 0 atom stereocenters. The van der Waals surface area contributed by atoms with E-state index in [1.54, 1.807) is 6.20 Å². The first-order valence-electron chi connectivity index (χ1n) is 4.03. The van der Waals surface area contributed by atoms with Crippen LogP contribution in [0.1, 0.15) is 19.3 Å². The zero-order chi connectivity index (χ0) is 7.73. The molecule has 0 spiro atoms. The Balaban J connectivity index is 1.83. The lowest BCUT2D eigenvalue weighted by atomic mass is 10.2. The minimum atomic E-state index is 0.171. The molecule has 0 bridgehead atoms. The minimum absolute atomic E-state index is 0.171. The van der Waals surface area contributed by atoms with E-state index in [2.05, 4.69) is 9.55 Å². The number of hydrogen-bond donors (Lipinski definition) is 1. The van der Waals surface area contributed by atoms with Crippen LogP contribution in [0.3, 0.4) is 0 Å². The third kappa shape index (κ3) is 1.60. The van der Waals surface area contributed by atoms with E-state index in [4.69, 9.17) is 5.73 Å². The molecule has 11 heavy (non-hydrogen) atoms. The number of rotatable bonds is 3. The summed E-state index contributed by atoms with van der Waals surface area (Å²) in [5.41, 5.74) is 6.10. The predicted octanol–water partition coefficient (Wildman–Crippen LogP) is 0.764. The first-order chi connectivity index (χ1) is 5.29. The number of nitrogens with zero attached hydrogens (tertiary/aromatic N) is 2. The molecule has 0 amide bonds. The van der Waals surface area contributed by atoms with Gasteiger partial charge in [0.15, 0.2) is 0 Å². The molecule has 1 saturated carbocycles. The van der Waals surface area contributed by atoms with Gasteiger partial charge >= 0.3 is 0 Å². The van der Waals surface area contributed by atoms with E-state index in [9.17, 15) is 0 Å². The predicted molar refractivity (Wildman–Crippen MR) is 43.0 cm³/mol. The van der Waals surface area contributed by atoms with Gasteiger partial charge in [0.1, 0.15) is 0 Å². The van der Waals surface area contributed by atoms with Gasteiger partial charge < -0.3 is 10.3 Å². The summed E-state index contributed by atoms with van der Waals surface area (Å²) in [4.78, 5) is 3.97. The average molecular weight is 151 g/mol. The SMILES string of the molecule is NC1(CCn2ccnc2)CC1. The Labute approximate surface area is 66.2 Å². The van der Waals surface area contributed by atoms with E-state index in [-0.39, 0.29) is 5.54 Å². The molecule has 0 unspecified atom stereocenters. The van der Waals surface area contributed by atoms with Crippen LogP contribution in [-0.2, 0) is 6.54 Å². The van der Waals surface area contributed by atoms with Crippen LogP contribution in [0.4, 0.5) is 0 Å². The summed E-state index contributed by atoms with van der Waals surface area (Å²) in [6.07, 6.45) is 9.10. The monoisotopic (exact) mass is 151 g/mol. The Kier molecular flexibility index (Phi) is 1.46. The molecule has 1 aromatic heterocycles. The van der Waals surface area contributed by atoms with Crippen LogP contribution in [0.5, 0.6) is 0 Å². The second-order valence-electron chi connectivity index (χ2n) is 3.41. The van der Waals surface area contributed by atoms with Crippen LogP contribution < -0.4 is 5.73 Å². The number of hydrogen-bond acceptors (Lipinski definition) is 2. The van der Waals surface area contributed by atoms with Gasteiger partial charge in [-0.05, 0) is 19.3 Å². The van der Waals surface area contributed by atoms with Crippen molar-refractivity contribution in [2.75, 3.05) is 0 Å². The Morgan fingerprint density at radius 1 is 1.55 bits per heavy atom. The van der Waals surface area contributed by atoms with Crippen molar-refractivity contribution in [3.63, 3.8) is 0 Å². The summed E-state index contributed by atoms with van der Waals surface area (Å²) in [6.45, 7) is 1.01. The van der Waals surface area contributed by atoms with E-state index in [0.29, 0.717) is 0 Å². The molecule has 2 rings (SSSR count). The largest absolute Gasteiger partial charge is 0.337 e. The van der Waals surface area contributed by atoms with E-state index >= 15 is 0 Å². The molecule has 1 fully saturated rings. The maximum Gasteiger partial charge on any atom is 0.0945 e. The Bertz CT molecular complexity index is 223. The van der Waals surface area contributed by atoms with Gasteiger partial charge in [0.2, 0.25) is 0 Å². The summed E-state index contributed by atoms with van der Waals surface area (Å²) in [5.74, 6) is 0. The van der Waals surface area contributed by atoms with Crippen LogP contribution in [0.15, 0.2) is 18.7 Å². The molecule has 0 aromatic carbocycles. The van der Waals surface area contributed by atoms with E-state index in [0.717, 1.165) is 13.0 Å². The normalized spacial score (nSPS) is 20.1. The quantitative estimate of drug-likeness (QED) is 0.693. The standard InChI is InChI=1S/C8H13N3/c9-8(1-2-8)3-5-11-6-4-10-7-11/h4,6-7H,1-3,5,9H2. The summed E-state index contributed by atoms with van der Waals surface area (Å²) in [5, 5.41) is 0. The van der Waals surface area contributed by atoms with Crippen molar-refractivity contribution in [3.8, 4) is 0 Å². The van der Waals surface area contributed by atoms with Gasteiger partial charge in [-0.25, -0.2) is 4.98 Å². The van der Waals surface area contributed by atoms with Gasteiger partial charge in [-0.2, -0.15) is 0 Å². The van der Waals surface area contributed by atoms with Crippen molar-refractivity contribution in [3.05, 3.63) is 18.7 Å². The van der Waals surface area contributed by atoms with Gasteiger partial charge in [0.25, 0.3) is 0 Å². The molecule has 1 aliphatic carbocycles. The smallest absolute Gasteiger partial charge is 0.0945 e. The lowest BCUT2D eigenvalue weighted by molar-refractivity contribution is 0.533. The highest BCUT2D eigenvalue weighted by Gasteiger charge is 2.37. The molecule has 1 heterocycles. The summed E-state index contributed by atoms with van der Waals surface area (Å²) in [7, 11) is 0. The highest BCUT2D eigenvalue weighted by molar-refractivity contribution is 4.98. The fourth-order valence-electron chi connectivity index (χ4n) is 1.18. The van der Waals surface area contributed by atoms with Crippen LogP contribution in [0.25, 0.3) is 0 Å². The first kappa shape index (κ1) is 6.85. The molecule has 1 aliphatic rings. The fourth-order valence-corrected chi connectivity index (χ4v) is 1.18. The van der Waals surface area contributed by atoms with E-state index < -0.39 is 0 Å². The maximum absolute atomic E-state index is 5.93. The third-order valence-electron chi connectivity index (χ3n) is 2.32. The Morgan fingerprint density at radius 2 is 2.36 bits per heavy atom. The zero-order valence-electron chi connectivity index (χ0n) is 6.53. The molecule has 0 saturated heterocycles. The van der Waals surface area contributed by atoms with Crippen LogP contribution >= 0.6 is 0 Å². The molecule has 3 heteroatoms. The number of nitrogens with two attached hydrogens (primary N) is 1. The summed E-state index contributed by atoms with van der Waals surface area (Å²) < 4.78 is 2.08. The zero-order valence-corrected chi connectivity index (χ0v) is 6.53. The van der Waals surface area contributed by atoms with E-state index in [1.165, 1.54) is 12.8 Å². The van der Waals surface area contributed by atoms with Crippen LogP contribution in [0.2, 0.25) is 0 Å². The molecule has 60 valence electrons. The van der Waals surface area contributed by atoms with Crippen LogP contribution in [0, 0.1) is 0 Å². The van der Waals surface area contributed by atoms with Crippen molar-refractivity contribution in [1.82, 2.24) is 9.55 Å². The molecule has 3 nitrogen and oxygen atoms in total. The second kappa shape index (κ2) is 2.34. The summed E-state index contributed by atoms with van der Waals surface area (Å²) in [6, 6.07) is 0. The maximum atomic E-state index is 5.93. The van der Waals surface area contributed by atoms with Gasteiger partial charge in [-0.1, -0.05) is 0 Å². The van der Waals surface area contributed by atoms with E-state index in [1.807, 2.05) is 12.5 Å². The van der Waals surface area contributed by atoms with Gasteiger partial charge in [-0.15, -0.1) is 0 Å². The van der Waals surface area contributed by atoms with Gasteiger partial charge in [-0.3, -0.25) is 0 Å². The Morgan fingerprint density at radius 3 is 2.91 bits per heavy atom. The Hall–Kier alpha value is -0.830. The molecule has 2 N–H and O–H groups in total. The van der Waals surface area contributed by atoms with Crippen LogP contribution in [-0.4, -0.2) is 15.1 Å². The van der Waals surface area contributed by atoms with Crippen molar-refractivity contribution in [2.45, 2.75) is 31.3 Å². The van der Waals surface area contributed by atoms with Crippen molar-refractivity contribution in [1.29, 1.82) is 0 Å². The minimum Gasteiger partial charge on any atom is -0.337 e. The molecular formula is C8H13N3. The number of imidazole rings is 1. The van der Waals surface area contributed by atoms with Crippen molar-refractivity contribution >= 4 is 0 Å². The molecular weight excluding hydrogens is 138 g/mol. The lowest BCUT2D eigenvalue weighted by Gasteiger charge is -2.07. The highest BCUT2D eigenvalue weighted by atomic mass is 15.0. The highest BCUT2D eigenvalue weighted by Crippen LogP contribution is 2.35. The molecule has 0 aliphatic heterocycles. The fraction of sp³-hybridized carbons (Fsp3) is 0.625. The second-order valence-corrected chi connectivity index (χ2v) is 3.41. The van der Waals surface area contributed by atoms with Crippen molar-refractivity contribution < 1.29 is 0 Å². The van der Waals surface area contributed by atoms with Gasteiger partial charge in [0, 0.05) is 24.5 Å². The average Bonchev–Trinajstić information content (AvgIpc) is 2.53. The topological polar surface area (TPSA) is 43.8 Å². The van der Waals surface area contributed by atoms with Gasteiger partial charge in [0.05, 0.1) is 6.33 Å². The third-order valence-corrected chi connectivity index (χ3v) is 2.32. The lowest BCUT2D eigenvalue weighted by Crippen LogP contribution is -2.23. The van der Waals surface area contributed by atoms with Crippen molar-refractivity contribution in [2.24, 2.45) is 5.73 Å². The summed E-state index contributed by atoms with van der Waals surface area (Å²) >= 11 is 0. The first-order valence-corrected chi connectivity index (χ1v) is 4.03. The number of aryl methyl sites for hydroxylation is 1. The molecule has 0 radical (unpaired) electrons. The number of aromatic nitrogens is 2.